The highest BCUT2D eigenvalue weighted by atomic mass is 35.5. The Kier molecular flexibility index (Phi) is 5.96. The number of nitrogens with two attached hydrogens (primary N) is 1. The fraction of sp³-hybridized carbons (Fsp3) is 0.571. The second-order valence-corrected chi connectivity index (χ2v) is 5.35. The molecule has 2 nitrogen and oxygen atoms in total. The molecule has 2 unspecified atom stereocenters. The molecule has 0 bridgehead atoms. The van der Waals surface area contributed by atoms with Gasteiger partial charge in [0.25, 0.3) is 0 Å². The third-order valence-corrected chi connectivity index (χ3v) is 3.31. The summed E-state index contributed by atoms with van der Waals surface area (Å²) in [5, 5.41) is 0.781. The molecule has 0 fully saturated rings. The van der Waals surface area contributed by atoms with Crippen LogP contribution in [0.2, 0.25) is 5.02 Å². The van der Waals surface area contributed by atoms with Crippen LogP contribution in [0, 0.1) is 12.8 Å². The minimum Gasteiger partial charge on any atom is -0.271 e. The fourth-order valence-corrected chi connectivity index (χ4v) is 2.58. The Balaban J connectivity index is 2.78. The lowest BCUT2D eigenvalue weighted by Gasteiger charge is -2.21. The number of rotatable bonds is 6. The average Bonchev–Trinajstić information content (AvgIpc) is 2.24. The molecule has 0 saturated carbocycles. The van der Waals surface area contributed by atoms with Gasteiger partial charge in [0.05, 0.1) is 0 Å². The molecule has 3 heteroatoms. The van der Waals surface area contributed by atoms with Crippen LogP contribution in [0.3, 0.4) is 0 Å². The van der Waals surface area contributed by atoms with E-state index in [2.05, 4.69) is 32.3 Å². The summed E-state index contributed by atoms with van der Waals surface area (Å²) in [5.74, 6) is 6.32. The first-order chi connectivity index (χ1) is 8.06. The Labute approximate surface area is 110 Å². The van der Waals surface area contributed by atoms with E-state index in [0.717, 1.165) is 11.4 Å². The van der Waals surface area contributed by atoms with Crippen LogP contribution in [0.5, 0.6) is 0 Å². The van der Waals surface area contributed by atoms with Crippen LogP contribution >= 0.6 is 11.6 Å². The molecule has 3 N–H and O–H groups in total. The van der Waals surface area contributed by atoms with Gasteiger partial charge in [-0.25, -0.2) is 0 Å². The molecule has 0 heterocycles. The van der Waals surface area contributed by atoms with Gasteiger partial charge in [-0.05, 0) is 42.5 Å². The molecule has 1 rings (SSSR count). The van der Waals surface area contributed by atoms with Crippen LogP contribution < -0.4 is 11.3 Å². The van der Waals surface area contributed by atoms with E-state index in [1.54, 1.807) is 0 Å². The lowest BCUT2D eigenvalue weighted by atomic mass is 9.93. The monoisotopic (exact) mass is 254 g/mol. The van der Waals surface area contributed by atoms with Gasteiger partial charge in [0.15, 0.2) is 0 Å². The Bertz CT molecular complexity index is 332. The average molecular weight is 255 g/mol. The van der Waals surface area contributed by atoms with Crippen molar-refractivity contribution in [3.63, 3.8) is 0 Å². The Morgan fingerprint density at radius 2 is 2.06 bits per heavy atom. The first-order valence-electron chi connectivity index (χ1n) is 6.30. The molecular formula is C14H23ClN2. The summed E-state index contributed by atoms with van der Waals surface area (Å²) in [6, 6.07) is 6.30. The van der Waals surface area contributed by atoms with Crippen molar-refractivity contribution in [3.05, 3.63) is 34.3 Å². The summed E-state index contributed by atoms with van der Waals surface area (Å²) < 4.78 is 0. The Morgan fingerprint density at radius 3 is 2.59 bits per heavy atom. The van der Waals surface area contributed by atoms with E-state index >= 15 is 0 Å². The van der Waals surface area contributed by atoms with Gasteiger partial charge < -0.3 is 0 Å². The number of aryl methyl sites for hydroxylation is 1. The normalized spacial score (nSPS) is 14.6. The number of hydrogen-bond acceptors (Lipinski definition) is 2. The molecule has 1 aromatic carbocycles. The zero-order valence-corrected chi connectivity index (χ0v) is 11.7. The molecule has 0 amide bonds. The molecule has 1 aromatic rings. The number of benzene rings is 1. The summed E-state index contributed by atoms with van der Waals surface area (Å²) >= 11 is 6.08. The van der Waals surface area contributed by atoms with Crippen LogP contribution in [-0.4, -0.2) is 0 Å². The smallest absolute Gasteiger partial charge is 0.0463 e. The Morgan fingerprint density at radius 1 is 1.35 bits per heavy atom. The van der Waals surface area contributed by atoms with Crippen molar-refractivity contribution in [2.24, 2.45) is 11.8 Å². The maximum atomic E-state index is 6.08. The summed E-state index contributed by atoms with van der Waals surface area (Å²) in [5.41, 5.74) is 5.26. The van der Waals surface area contributed by atoms with Crippen molar-refractivity contribution < 1.29 is 0 Å². The molecule has 0 spiro atoms. The van der Waals surface area contributed by atoms with E-state index in [4.69, 9.17) is 17.4 Å². The highest BCUT2D eigenvalue weighted by Crippen LogP contribution is 2.26. The van der Waals surface area contributed by atoms with Crippen LogP contribution in [0.15, 0.2) is 18.2 Å². The molecule has 0 aliphatic heterocycles. The van der Waals surface area contributed by atoms with Crippen molar-refractivity contribution in [3.8, 4) is 0 Å². The number of hydrazine groups is 1. The van der Waals surface area contributed by atoms with Gasteiger partial charge in [0.2, 0.25) is 0 Å². The molecule has 0 aromatic heterocycles. The molecule has 0 aliphatic carbocycles. The van der Waals surface area contributed by atoms with E-state index in [9.17, 15) is 0 Å². The second kappa shape index (κ2) is 7.00. The second-order valence-electron chi connectivity index (χ2n) is 4.91. The molecule has 0 aliphatic rings. The Hall–Kier alpha value is -0.570. The summed E-state index contributed by atoms with van der Waals surface area (Å²) in [4.78, 5) is 0. The van der Waals surface area contributed by atoms with Crippen molar-refractivity contribution in [1.82, 2.24) is 5.43 Å². The highest BCUT2D eigenvalue weighted by Gasteiger charge is 2.14. The van der Waals surface area contributed by atoms with Crippen molar-refractivity contribution in [2.45, 2.75) is 46.1 Å². The minimum absolute atomic E-state index is 0.189. The minimum atomic E-state index is 0.189. The number of nitrogens with one attached hydrogen (secondary N) is 1. The van der Waals surface area contributed by atoms with E-state index < -0.39 is 0 Å². The maximum Gasteiger partial charge on any atom is 0.0463 e. The van der Waals surface area contributed by atoms with Gasteiger partial charge in [0.1, 0.15) is 0 Å². The van der Waals surface area contributed by atoms with E-state index in [1.165, 1.54) is 24.0 Å². The van der Waals surface area contributed by atoms with Crippen molar-refractivity contribution in [2.75, 3.05) is 0 Å². The molecule has 0 radical (unpaired) electrons. The standard InChI is InChI=1S/C14H23ClN2/c1-4-5-10(2)8-14(17-16)12-6-11(3)7-13(15)9-12/h6-7,9-10,14,17H,4-5,8,16H2,1-3H3. The third kappa shape index (κ3) is 4.66. The van der Waals surface area contributed by atoms with Crippen LogP contribution in [0.25, 0.3) is 0 Å². The summed E-state index contributed by atoms with van der Waals surface area (Å²) in [7, 11) is 0. The van der Waals surface area contributed by atoms with Crippen LogP contribution in [0.4, 0.5) is 0 Å². The maximum absolute atomic E-state index is 6.08. The van der Waals surface area contributed by atoms with Crippen molar-refractivity contribution >= 4 is 11.6 Å². The summed E-state index contributed by atoms with van der Waals surface area (Å²) in [6.45, 7) is 6.54. The molecular weight excluding hydrogens is 232 g/mol. The van der Waals surface area contributed by atoms with Gasteiger partial charge in [-0.3, -0.25) is 11.3 Å². The third-order valence-electron chi connectivity index (χ3n) is 3.09. The lowest BCUT2D eigenvalue weighted by molar-refractivity contribution is 0.394. The summed E-state index contributed by atoms with van der Waals surface area (Å²) in [6.07, 6.45) is 3.49. The van der Waals surface area contributed by atoms with Gasteiger partial charge in [0, 0.05) is 11.1 Å². The molecule has 2 atom stereocenters. The van der Waals surface area contributed by atoms with Gasteiger partial charge >= 0.3 is 0 Å². The largest absolute Gasteiger partial charge is 0.271 e. The predicted octanol–water partition coefficient (Wildman–Crippen LogP) is 3.98. The van der Waals surface area contributed by atoms with E-state index in [1.807, 2.05) is 12.1 Å². The predicted molar refractivity (Wildman–Crippen MR) is 74.9 cm³/mol. The van der Waals surface area contributed by atoms with Gasteiger partial charge in [-0.15, -0.1) is 0 Å². The molecule has 0 saturated heterocycles. The van der Waals surface area contributed by atoms with E-state index in [0.29, 0.717) is 5.92 Å². The number of hydrogen-bond donors (Lipinski definition) is 2. The quantitative estimate of drug-likeness (QED) is 0.595. The zero-order valence-electron chi connectivity index (χ0n) is 11.0. The van der Waals surface area contributed by atoms with E-state index in [-0.39, 0.29) is 6.04 Å². The first-order valence-corrected chi connectivity index (χ1v) is 6.67. The SMILES string of the molecule is CCCC(C)CC(NN)c1cc(C)cc(Cl)c1. The van der Waals surface area contributed by atoms with Crippen LogP contribution in [-0.2, 0) is 0 Å². The van der Waals surface area contributed by atoms with Crippen LogP contribution in [0.1, 0.15) is 50.3 Å². The highest BCUT2D eigenvalue weighted by molar-refractivity contribution is 6.30. The fourth-order valence-electron chi connectivity index (χ4n) is 2.28. The topological polar surface area (TPSA) is 38.0 Å². The molecule has 17 heavy (non-hydrogen) atoms. The molecule has 96 valence electrons. The first kappa shape index (κ1) is 14.5. The van der Waals surface area contributed by atoms with Gasteiger partial charge in [-0.2, -0.15) is 0 Å². The van der Waals surface area contributed by atoms with Crippen molar-refractivity contribution in [1.29, 1.82) is 0 Å². The zero-order chi connectivity index (χ0) is 12.8. The number of halogens is 1. The lowest BCUT2D eigenvalue weighted by Crippen LogP contribution is -2.29. The van der Waals surface area contributed by atoms with Gasteiger partial charge in [-0.1, -0.05) is 44.4 Å².